The molecule has 0 aromatic heterocycles. The Kier molecular flexibility index (Phi) is 2.68. The van der Waals surface area contributed by atoms with E-state index in [-0.39, 0.29) is 5.92 Å². The molecule has 0 aromatic carbocycles. The highest BCUT2D eigenvalue weighted by atomic mass is 17.3. The third-order valence-electron chi connectivity index (χ3n) is 5.74. The van der Waals surface area contributed by atoms with Crippen molar-refractivity contribution in [2.45, 2.75) is 63.5 Å². The maximum absolute atomic E-state index is 10.1. The highest BCUT2D eigenvalue weighted by molar-refractivity contribution is 5.21. The van der Waals surface area contributed by atoms with Gasteiger partial charge in [-0.15, -0.1) is 0 Å². The second kappa shape index (κ2) is 4.05. The molecule has 5 nitrogen and oxygen atoms in total. The van der Waals surface area contributed by atoms with E-state index in [4.69, 9.17) is 19.2 Å². The van der Waals surface area contributed by atoms with E-state index in [2.05, 4.69) is 13.5 Å². The number of hydrogen-bond acceptors (Lipinski definition) is 5. The van der Waals surface area contributed by atoms with E-state index in [1.165, 1.54) is 0 Å². The van der Waals surface area contributed by atoms with E-state index in [1.54, 1.807) is 0 Å². The Balaban J connectivity index is 1.84. The molecule has 2 bridgehead atoms. The highest BCUT2D eigenvalue weighted by Crippen LogP contribution is 2.59. The van der Waals surface area contributed by atoms with Crippen LogP contribution in [-0.2, 0) is 19.2 Å². The van der Waals surface area contributed by atoms with Crippen molar-refractivity contribution in [2.75, 3.05) is 0 Å². The molecule has 112 valence electrons. The number of hydrogen-bond donors (Lipinski definition) is 1. The minimum absolute atomic E-state index is 0.0279. The van der Waals surface area contributed by atoms with Crippen LogP contribution in [0.1, 0.15) is 39.5 Å². The van der Waals surface area contributed by atoms with Gasteiger partial charge in [0.1, 0.15) is 0 Å². The summed E-state index contributed by atoms with van der Waals surface area (Å²) in [5.41, 5.74) is 0.0418. The summed E-state index contributed by atoms with van der Waals surface area (Å²) in [6.07, 6.45) is 2.24. The van der Waals surface area contributed by atoms with Gasteiger partial charge in [-0.05, 0) is 43.6 Å². The summed E-state index contributed by atoms with van der Waals surface area (Å²) in [4.78, 5) is 11.5. The lowest BCUT2D eigenvalue weighted by Crippen LogP contribution is -2.68. The molecular formula is C15H22O5. The summed E-state index contributed by atoms with van der Waals surface area (Å²) < 4.78 is 11.7. The maximum Gasteiger partial charge on any atom is 0.201 e. The van der Waals surface area contributed by atoms with E-state index >= 15 is 0 Å². The van der Waals surface area contributed by atoms with Crippen molar-refractivity contribution < 1.29 is 24.4 Å². The van der Waals surface area contributed by atoms with Crippen molar-refractivity contribution in [3.63, 3.8) is 0 Å². The Morgan fingerprint density at radius 2 is 2.05 bits per heavy atom. The Bertz CT molecular complexity index is 452. The smallest absolute Gasteiger partial charge is 0.201 e. The van der Waals surface area contributed by atoms with E-state index in [9.17, 15) is 5.11 Å². The van der Waals surface area contributed by atoms with Gasteiger partial charge in [-0.25, -0.2) is 9.78 Å². The van der Waals surface area contributed by atoms with E-state index in [0.29, 0.717) is 17.4 Å². The zero-order chi connectivity index (χ0) is 14.1. The highest BCUT2D eigenvalue weighted by Gasteiger charge is 2.68. The summed E-state index contributed by atoms with van der Waals surface area (Å²) in [6.45, 7) is 8.15. The lowest BCUT2D eigenvalue weighted by molar-refractivity contribution is -0.567. The molecule has 1 saturated carbocycles. The predicted molar refractivity (Wildman–Crippen MR) is 69.0 cm³/mol. The fraction of sp³-hybridized carbons (Fsp3) is 0.867. The van der Waals surface area contributed by atoms with Gasteiger partial charge < -0.3 is 14.6 Å². The average molecular weight is 282 g/mol. The van der Waals surface area contributed by atoms with Crippen LogP contribution in [0.5, 0.6) is 0 Å². The summed E-state index contributed by atoms with van der Waals surface area (Å²) >= 11 is 0. The molecule has 4 saturated heterocycles. The van der Waals surface area contributed by atoms with Crippen molar-refractivity contribution in [3.8, 4) is 0 Å². The predicted octanol–water partition coefficient (Wildman–Crippen LogP) is 2.11. The minimum Gasteiger partial charge on any atom is -0.364 e. The largest absolute Gasteiger partial charge is 0.364 e. The summed E-state index contributed by atoms with van der Waals surface area (Å²) in [5, 5.41) is 10.1. The maximum atomic E-state index is 10.1. The van der Waals surface area contributed by atoms with Gasteiger partial charge in [0.2, 0.25) is 5.79 Å². The zero-order valence-corrected chi connectivity index (χ0v) is 12.0. The molecule has 1 unspecified atom stereocenters. The molecule has 7 atom stereocenters. The first-order valence-corrected chi connectivity index (χ1v) is 7.53. The fourth-order valence-corrected chi connectivity index (χ4v) is 4.57. The number of aliphatic hydroxyl groups is 1. The van der Waals surface area contributed by atoms with Crippen LogP contribution in [0, 0.1) is 17.8 Å². The Morgan fingerprint density at radius 1 is 1.25 bits per heavy atom. The van der Waals surface area contributed by atoms with Gasteiger partial charge in [-0.1, -0.05) is 13.5 Å². The van der Waals surface area contributed by atoms with Gasteiger partial charge >= 0.3 is 0 Å². The number of aliphatic hydroxyl groups excluding tert-OH is 1. The lowest BCUT2D eigenvalue weighted by atomic mass is 9.59. The fourth-order valence-electron chi connectivity index (χ4n) is 4.57. The summed E-state index contributed by atoms with van der Waals surface area (Å²) in [7, 11) is 0. The first kappa shape index (κ1) is 13.2. The Morgan fingerprint density at radius 3 is 2.85 bits per heavy atom. The topological polar surface area (TPSA) is 57.2 Å². The molecule has 5 heteroatoms. The molecule has 0 aromatic rings. The average Bonchev–Trinajstić information content (AvgIpc) is 2.63. The van der Waals surface area contributed by atoms with Gasteiger partial charge in [-0.2, -0.15) is 0 Å². The van der Waals surface area contributed by atoms with Gasteiger partial charge in [0.05, 0.1) is 0 Å². The van der Waals surface area contributed by atoms with Crippen LogP contribution in [0.3, 0.4) is 0 Å². The van der Waals surface area contributed by atoms with Crippen LogP contribution in [-0.4, -0.2) is 29.1 Å². The molecule has 4 aliphatic heterocycles. The monoisotopic (exact) mass is 282 g/mol. The molecule has 5 rings (SSSR count). The number of rotatable bonds is 0. The van der Waals surface area contributed by atoms with Gasteiger partial charge in [0.25, 0.3) is 0 Å². The molecule has 4 heterocycles. The molecule has 1 aliphatic carbocycles. The van der Waals surface area contributed by atoms with Crippen LogP contribution in [0.4, 0.5) is 0 Å². The number of ether oxygens (including phenoxy) is 2. The van der Waals surface area contributed by atoms with Crippen LogP contribution in [0.15, 0.2) is 12.2 Å². The van der Waals surface area contributed by atoms with E-state index < -0.39 is 24.0 Å². The van der Waals surface area contributed by atoms with Crippen LogP contribution in [0.25, 0.3) is 0 Å². The SMILES string of the molecule is C=C1C(O)O[C@@H]2O[C@@]3(C)CC[C@H]4[C@H](C)CC[C@@H]1[C@@]24OO3. The Hall–Kier alpha value is -0.460. The van der Waals surface area contributed by atoms with Crippen molar-refractivity contribution in [2.24, 2.45) is 17.8 Å². The van der Waals surface area contributed by atoms with Crippen LogP contribution in [0.2, 0.25) is 0 Å². The van der Waals surface area contributed by atoms with Crippen LogP contribution >= 0.6 is 0 Å². The molecule has 20 heavy (non-hydrogen) atoms. The minimum atomic E-state index is -0.976. The second-order valence-electron chi connectivity index (χ2n) is 6.92. The van der Waals surface area contributed by atoms with Gasteiger partial charge in [-0.3, -0.25) is 0 Å². The van der Waals surface area contributed by atoms with Crippen molar-refractivity contribution >= 4 is 0 Å². The van der Waals surface area contributed by atoms with E-state index in [1.807, 2.05) is 6.92 Å². The molecule has 5 aliphatic rings. The molecule has 5 fully saturated rings. The molecule has 1 N–H and O–H groups in total. The van der Waals surface area contributed by atoms with Crippen molar-refractivity contribution in [1.82, 2.24) is 0 Å². The molecular weight excluding hydrogens is 260 g/mol. The van der Waals surface area contributed by atoms with Crippen molar-refractivity contribution in [3.05, 3.63) is 12.2 Å². The molecule has 0 amide bonds. The van der Waals surface area contributed by atoms with Gasteiger partial charge in [0, 0.05) is 12.3 Å². The van der Waals surface area contributed by atoms with E-state index in [0.717, 1.165) is 25.7 Å². The third kappa shape index (κ3) is 1.50. The summed E-state index contributed by atoms with van der Waals surface area (Å²) in [5.74, 6) is 0.0728. The molecule has 0 radical (unpaired) electrons. The Labute approximate surface area is 118 Å². The summed E-state index contributed by atoms with van der Waals surface area (Å²) in [6, 6.07) is 0. The normalized spacial score (nSPS) is 58.1. The molecule has 1 spiro atoms. The van der Waals surface area contributed by atoms with Crippen LogP contribution < -0.4 is 0 Å². The number of fused-ring (bicyclic) bond motifs is 2. The quantitative estimate of drug-likeness (QED) is 0.545. The first-order valence-electron chi connectivity index (χ1n) is 7.53. The second-order valence-corrected chi connectivity index (χ2v) is 6.92. The zero-order valence-electron chi connectivity index (χ0n) is 12.0. The van der Waals surface area contributed by atoms with Gasteiger partial charge in [0.15, 0.2) is 18.2 Å². The van der Waals surface area contributed by atoms with Crippen molar-refractivity contribution in [1.29, 1.82) is 0 Å². The standard InChI is InChI=1S/C15H22O5/c1-8-4-5-11-9(2)12(16)17-13-15(11)10(8)6-7-14(3,18-13)19-20-15/h8,10-13,16H,2,4-7H2,1,3H3/t8-,10+,11+,12?,13-,14-,15-/m1/s1. The first-order chi connectivity index (χ1) is 9.46. The lowest BCUT2D eigenvalue weighted by Gasteiger charge is -2.58. The third-order valence-corrected chi connectivity index (χ3v) is 5.74.